The number of phenolic OH excluding ortho intramolecular Hbond substituents is 1. The second kappa shape index (κ2) is 7.91. The zero-order chi connectivity index (χ0) is 18.5. The van der Waals surface area contributed by atoms with Crippen LogP contribution in [0.5, 0.6) is 11.5 Å². The standard InChI is InChI=1S/C20H21NO5/c1-25-15-9-10-16(17(22)11-15)20(24)26-12-18(23)21-19(14-7-8-14)13-5-3-2-4-6-13/h2-6,9-11,14,19,22H,7-8,12H2,1H3,(H,21,23). The molecule has 1 aliphatic rings. The van der Waals surface area contributed by atoms with Crippen LogP contribution in [0.4, 0.5) is 0 Å². The number of methoxy groups -OCH3 is 1. The lowest BCUT2D eigenvalue weighted by molar-refractivity contribution is -0.125. The van der Waals surface area contributed by atoms with Gasteiger partial charge in [0.25, 0.3) is 5.91 Å². The number of benzene rings is 2. The number of carbonyl (C=O) groups is 2. The fraction of sp³-hybridized carbons (Fsp3) is 0.300. The van der Waals surface area contributed by atoms with E-state index in [0.29, 0.717) is 11.7 Å². The highest BCUT2D eigenvalue weighted by Crippen LogP contribution is 2.40. The molecule has 1 amide bonds. The van der Waals surface area contributed by atoms with Crippen LogP contribution in [-0.2, 0) is 9.53 Å². The largest absolute Gasteiger partial charge is 0.507 e. The number of ether oxygens (including phenoxy) is 2. The number of carbonyl (C=O) groups excluding carboxylic acids is 2. The van der Waals surface area contributed by atoms with Crippen LogP contribution >= 0.6 is 0 Å². The highest BCUT2D eigenvalue weighted by molar-refractivity contribution is 5.94. The van der Waals surface area contributed by atoms with Crippen LogP contribution in [0.3, 0.4) is 0 Å². The van der Waals surface area contributed by atoms with Gasteiger partial charge in [-0.2, -0.15) is 0 Å². The van der Waals surface area contributed by atoms with Crippen molar-refractivity contribution in [1.29, 1.82) is 0 Å². The van der Waals surface area contributed by atoms with Gasteiger partial charge in [-0.25, -0.2) is 4.79 Å². The third-order valence-corrected chi connectivity index (χ3v) is 4.33. The quantitative estimate of drug-likeness (QED) is 0.746. The van der Waals surface area contributed by atoms with Gasteiger partial charge in [0.2, 0.25) is 0 Å². The molecule has 1 aliphatic carbocycles. The molecular formula is C20H21NO5. The van der Waals surface area contributed by atoms with Crippen molar-refractivity contribution in [3.63, 3.8) is 0 Å². The molecule has 26 heavy (non-hydrogen) atoms. The summed E-state index contributed by atoms with van der Waals surface area (Å²) in [7, 11) is 1.46. The minimum Gasteiger partial charge on any atom is -0.507 e. The number of nitrogens with one attached hydrogen (secondary N) is 1. The fourth-order valence-electron chi connectivity index (χ4n) is 2.80. The first-order valence-corrected chi connectivity index (χ1v) is 8.47. The van der Waals surface area contributed by atoms with E-state index in [-0.39, 0.29) is 23.3 Å². The number of amides is 1. The molecule has 0 saturated heterocycles. The van der Waals surface area contributed by atoms with Gasteiger partial charge in [-0.3, -0.25) is 4.79 Å². The maximum absolute atomic E-state index is 12.2. The van der Waals surface area contributed by atoms with Gasteiger partial charge in [-0.1, -0.05) is 30.3 Å². The Kier molecular flexibility index (Phi) is 5.41. The van der Waals surface area contributed by atoms with E-state index in [1.165, 1.54) is 25.3 Å². The van der Waals surface area contributed by atoms with Gasteiger partial charge in [0, 0.05) is 6.07 Å². The smallest absolute Gasteiger partial charge is 0.342 e. The monoisotopic (exact) mass is 355 g/mol. The molecule has 1 unspecified atom stereocenters. The summed E-state index contributed by atoms with van der Waals surface area (Å²) in [5.74, 6) is -0.542. The molecule has 0 spiro atoms. The van der Waals surface area contributed by atoms with Crippen LogP contribution in [0.25, 0.3) is 0 Å². The van der Waals surface area contributed by atoms with Gasteiger partial charge < -0.3 is 19.9 Å². The van der Waals surface area contributed by atoms with Gasteiger partial charge in [0.1, 0.15) is 17.1 Å². The van der Waals surface area contributed by atoms with Crippen LogP contribution in [0.2, 0.25) is 0 Å². The average molecular weight is 355 g/mol. The van der Waals surface area contributed by atoms with Crippen molar-refractivity contribution < 1.29 is 24.2 Å². The van der Waals surface area contributed by atoms with Gasteiger partial charge >= 0.3 is 5.97 Å². The maximum Gasteiger partial charge on any atom is 0.342 e. The van der Waals surface area contributed by atoms with Crippen LogP contribution in [0.15, 0.2) is 48.5 Å². The van der Waals surface area contributed by atoms with E-state index in [2.05, 4.69) is 5.32 Å². The molecular weight excluding hydrogens is 334 g/mol. The Balaban J connectivity index is 1.57. The topological polar surface area (TPSA) is 84.9 Å². The Hall–Kier alpha value is -3.02. The van der Waals surface area contributed by atoms with Crippen LogP contribution in [-0.4, -0.2) is 30.7 Å². The molecule has 0 radical (unpaired) electrons. The maximum atomic E-state index is 12.2. The number of hydrogen-bond acceptors (Lipinski definition) is 5. The number of rotatable bonds is 7. The van der Waals surface area contributed by atoms with Crippen LogP contribution in [0, 0.1) is 5.92 Å². The van der Waals surface area contributed by atoms with E-state index in [0.717, 1.165) is 18.4 Å². The summed E-state index contributed by atoms with van der Waals surface area (Å²) in [4.78, 5) is 24.3. The van der Waals surface area contributed by atoms with Crippen molar-refractivity contribution in [1.82, 2.24) is 5.32 Å². The third-order valence-electron chi connectivity index (χ3n) is 4.33. The summed E-state index contributed by atoms with van der Waals surface area (Å²) in [5.41, 5.74) is 1.03. The normalized spacial score (nSPS) is 14.3. The first-order valence-electron chi connectivity index (χ1n) is 8.47. The first-order chi connectivity index (χ1) is 12.6. The summed E-state index contributed by atoms with van der Waals surface area (Å²) in [6.07, 6.45) is 2.14. The number of hydrogen-bond donors (Lipinski definition) is 2. The predicted molar refractivity (Wildman–Crippen MR) is 95.0 cm³/mol. The van der Waals surface area contributed by atoms with Crippen LogP contribution in [0.1, 0.15) is 34.8 Å². The molecule has 6 nitrogen and oxygen atoms in total. The lowest BCUT2D eigenvalue weighted by atomic mass is 10.0. The van der Waals surface area contributed by atoms with E-state index < -0.39 is 12.6 Å². The third kappa shape index (κ3) is 4.33. The van der Waals surface area contributed by atoms with Crippen molar-refractivity contribution in [2.75, 3.05) is 13.7 Å². The number of phenols is 1. The summed E-state index contributed by atoms with van der Waals surface area (Å²) in [6, 6.07) is 13.9. The van der Waals surface area contributed by atoms with Gasteiger partial charge in [0.05, 0.1) is 13.2 Å². The summed E-state index contributed by atoms with van der Waals surface area (Å²) in [6.45, 7) is -0.402. The summed E-state index contributed by atoms with van der Waals surface area (Å²) >= 11 is 0. The van der Waals surface area contributed by atoms with E-state index in [9.17, 15) is 14.7 Å². The molecule has 1 saturated carbocycles. The SMILES string of the molecule is COc1ccc(C(=O)OCC(=O)NC(c2ccccc2)C2CC2)c(O)c1. The highest BCUT2D eigenvalue weighted by atomic mass is 16.5. The Morgan fingerprint density at radius 3 is 2.54 bits per heavy atom. The molecule has 0 aliphatic heterocycles. The Morgan fingerprint density at radius 2 is 1.92 bits per heavy atom. The summed E-state index contributed by atoms with van der Waals surface area (Å²) < 4.78 is 10.00. The molecule has 2 aromatic carbocycles. The summed E-state index contributed by atoms with van der Waals surface area (Å²) in [5, 5.41) is 12.8. The van der Waals surface area contributed by atoms with Crippen LogP contribution < -0.4 is 10.1 Å². The van der Waals surface area contributed by atoms with Gasteiger partial charge in [0.15, 0.2) is 6.61 Å². The average Bonchev–Trinajstić information content (AvgIpc) is 3.49. The van der Waals surface area contributed by atoms with E-state index in [1.54, 1.807) is 0 Å². The van der Waals surface area contributed by atoms with Crippen molar-refractivity contribution in [3.8, 4) is 11.5 Å². The van der Waals surface area contributed by atoms with Gasteiger partial charge in [-0.15, -0.1) is 0 Å². The lowest BCUT2D eigenvalue weighted by Crippen LogP contribution is -2.33. The first kappa shape index (κ1) is 17.8. The molecule has 2 aromatic rings. The molecule has 1 fully saturated rings. The van der Waals surface area contributed by atoms with E-state index in [4.69, 9.17) is 9.47 Å². The highest BCUT2D eigenvalue weighted by Gasteiger charge is 2.33. The van der Waals surface area contributed by atoms with Crippen molar-refractivity contribution >= 4 is 11.9 Å². The molecule has 136 valence electrons. The Morgan fingerprint density at radius 1 is 1.19 bits per heavy atom. The molecule has 1 atom stereocenters. The van der Waals surface area contributed by atoms with E-state index in [1.807, 2.05) is 30.3 Å². The lowest BCUT2D eigenvalue weighted by Gasteiger charge is -2.18. The molecule has 0 heterocycles. The molecule has 0 aromatic heterocycles. The van der Waals surface area contributed by atoms with Gasteiger partial charge in [-0.05, 0) is 36.5 Å². The van der Waals surface area contributed by atoms with E-state index >= 15 is 0 Å². The number of aromatic hydroxyl groups is 1. The molecule has 6 heteroatoms. The minimum atomic E-state index is -0.761. The van der Waals surface area contributed by atoms with Crippen molar-refractivity contribution in [2.45, 2.75) is 18.9 Å². The zero-order valence-electron chi connectivity index (χ0n) is 14.5. The second-order valence-corrected chi connectivity index (χ2v) is 6.25. The van der Waals surface area contributed by atoms with Crippen molar-refractivity contribution in [3.05, 3.63) is 59.7 Å². The molecule has 2 N–H and O–H groups in total. The molecule has 3 rings (SSSR count). The Labute approximate surface area is 151 Å². The zero-order valence-corrected chi connectivity index (χ0v) is 14.5. The molecule has 0 bridgehead atoms. The fourth-order valence-corrected chi connectivity index (χ4v) is 2.80. The van der Waals surface area contributed by atoms with Crippen molar-refractivity contribution in [2.24, 2.45) is 5.92 Å². The minimum absolute atomic E-state index is 0.0135. The Bertz CT molecular complexity index is 786. The predicted octanol–water partition coefficient (Wildman–Crippen LogP) is 2.83. The number of esters is 1. The second-order valence-electron chi connectivity index (χ2n) is 6.25.